The second-order valence-electron chi connectivity index (χ2n) is 6.34. The van der Waals surface area contributed by atoms with Gasteiger partial charge in [-0.15, -0.1) is 0 Å². The van der Waals surface area contributed by atoms with Crippen molar-refractivity contribution in [2.75, 3.05) is 6.54 Å². The molecule has 3 heteroatoms. The molecule has 1 N–H and O–H groups in total. The quantitative estimate of drug-likeness (QED) is 0.899. The number of nitrogens with one attached hydrogen (secondary N) is 1. The summed E-state index contributed by atoms with van der Waals surface area (Å²) in [5.41, 5.74) is 2.85. The van der Waals surface area contributed by atoms with Gasteiger partial charge in [0.05, 0.1) is 17.4 Å². The third kappa shape index (κ3) is 2.38. The van der Waals surface area contributed by atoms with E-state index in [0.29, 0.717) is 17.4 Å². The van der Waals surface area contributed by atoms with Crippen molar-refractivity contribution in [1.82, 2.24) is 15.1 Å². The maximum absolute atomic E-state index is 4.52. The van der Waals surface area contributed by atoms with Gasteiger partial charge < -0.3 is 5.32 Å². The smallest absolute Gasteiger partial charge is 0.0649 e. The molecule has 0 spiro atoms. The van der Waals surface area contributed by atoms with Crippen molar-refractivity contribution in [1.29, 1.82) is 0 Å². The monoisotopic (exact) mass is 269 g/mol. The first-order valence-electron chi connectivity index (χ1n) is 7.46. The fourth-order valence-electron chi connectivity index (χ4n) is 3.08. The van der Waals surface area contributed by atoms with Crippen LogP contribution in [-0.4, -0.2) is 16.3 Å². The van der Waals surface area contributed by atoms with E-state index in [1.165, 1.54) is 12.1 Å². The van der Waals surface area contributed by atoms with E-state index >= 15 is 0 Å². The van der Waals surface area contributed by atoms with Gasteiger partial charge in [0, 0.05) is 6.20 Å². The maximum Gasteiger partial charge on any atom is 0.0649 e. The minimum absolute atomic E-state index is 0.387. The summed E-state index contributed by atoms with van der Waals surface area (Å²) < 4.78 is 2.07. The van der Waals surface area contributed by atoms with Gasteiger partial charge in [-0.25, -0.2) is 4.68 Å². The zero-order valence-corrected chi connectivity index (χ0v) is 12.5. The van der Waals surface area contributed by atoms with E-state index in [-0.39, 0.29) is 0 Å². The molecule has 0 amide bonds. The molecule has 1 aliphatic rings. The Balaban J connectivity index is 1.95. The Labute approximate surface area is 121 Å². The predicted molar refractivity (Wildman–Crippen MR) is 81.9 cm³/mol. The highest BCUT2D eigenvalue weighted by Crippen LogP contribution is 2.57. The molecular weight excluding hydrogens is 246 g/mol. The molecule has 3 rings (SSSR count). The number of nitrogens with zero attached hydrogens (tertiary/aromatic N) is 2. The van der Waals surface area contributed by atoms with Crippen LogP contribution in [0, 0.1) is 11.3 Å². The first-order valence-corrected chi connectivity index (χ1v) is 7.46. The molecule has 0 bridgehead atoms. The van der Waals surface area contributed by atoms with Gasteiger partial charge in [-0.3, -0.25) is 0 Å². The average Bonchev–Trinajstić information content (AvgIpc) is 2.89. The van der Waals surface area contributed by atoms with Crippen LogP contribution in [0.5, 0.6) is 0 Å². The fraction of sp³-hybridized carbons (Fsp3) is 0.471. The molecule has 1 aliphatic carbocycles. The summed E-state index contributed by atoms with van der Waals surface area (Å²) in [6.07, 6.45) is 3.19. The topological polar surface area (TPSA) is 29.9 Å². The van der Waals surface area contributed by atoms with Crippen LogP contribution in [0.3, 0.4) is 0 Å². The van der Waals surface area contributed by atoms with Gasteiger partial charge in [-0.1, -0.05) is 39.0 Å². The first kappa shape index (κ1) is 13.4. The summed E-state index contributed by atoms with van der Waals surface area (Å²) in [4.78, 5) is 0. The fourth-order valence-corrected chi connectivity index (χ4v) is 3.08. The van der Waals surface area contributed by atoms with Crippen LogP contribution in [0.25, 0.3) is 5.69 Å². The maximum atomic E-state index is 4.52. The number of benzene rings is 1. The van der Waals surface area contributed by atoms with Crippen molar-refractivity contribution in [3.05, 3.63) is 48.3 Å². The van der Waals surface area contributed by atoms with Crippen LogP contribution in [0.2, 0.25) is 0 Å². The van der Waals surface area contributed by atoms with Crippen molar-refractivity contribution in [2.24, 2.45) is 11.3 Å². The first-order chi connectivity index (χ1) is 9.63. The van der Waals surface area contributed by atoms with E-state index in [0.717, 1.165) is 12.2 Å². The van der Waals surface area contributed by atoms with Crippen LogP contribution in [0.1, 0.15) is 38.9 Å². The SMILES string of the molecule is CCNC(c1ccnn1-c1ccccc1)C1CC1(C)C. The Bertz CT molecular complexity index is 571. The van der Waals surface area contributed by atoms with Gasteiger partial charge >= 0.3 is 0 Å². The molecule has 0 aliphatic heterocycles. The molecule has 2 unspecified atom stereocenters. The van der Waals surface area contributed by atoms with Gasteiger partial charge in [0.2, 0.25) is 0 Å². The predicted octanol–water partition coefficient (Wildman–Crippen LogP) is 3.57. The van der Waals surface area contributed by atoms with E-state index in [9.17, 15) is 0 Å². The molecule has 0 saturated heterocycles. The second-order valence-corrected chi connectivity index (χ2v) is 6.34. The van der Waals surface area contributed by atoms with E-state index in [1.54, 1.807) is 0 Å². The molecule has 1 saturated carbocycles. The van der Waals surface area contributed by atoms with Crippen LogP contribution in [0.4, 0.5) is 0 Å². The highest BCUT2D eigenvalue weighted by molar-refractivity contribution is 5.33. The Hall–Kier alpha value is -1.61. The molecule has 1 heterocycles. The normalized spacial score (nSPS) is 21.6. The van der Waals surface area contributed by atoms with E-state index in [1.807, 2.05) is 12.3 Å². The number of rotatable bonds is 5. The third-order valence-electron chi connectivity index (χ3n) is 4.41. The summed E-state index contributed by atoms with van der Waals surface area (Å²) in [6, 6.07) is 12.9. The Morgan fingerprint density at radius 1 is 1.30 bits per heavy atom. The van der Waals surface area contributed by atoms with Crippen LogP contribution >= 0.6 is 0 Å². The van der Waals surface area contributed by atoms with Crippen LogP contribution in [0.15, 0.2) is 42.6 Å². The lowest BCUT2D eigenvalue weighted by molar-refractivity contribution is 0.409. The highest BCUT2D eigenvalue weighted by Gasteiger charge is 2.51. The number of para-hydroxylation sites is 1. The van der Waals surface area contributed by atoms with Crippen molar-refractivity contribution in [3.63, 3.8) is 0 Å². The molecule has 2 atom stereocenters. The van der Waals surface area contributed by atoms with Crippen molar-refractivity contribution < 1.29 is 0 Å². The second kappa shape index (κ2) is 5.06. The standard InChI is InChI=1S/C17H23N3/c1-4-18-16(14-12-17(14,2)3)15-10-11-19-20(15)13-8-6-5-7-9-13/h5-11,14,16,18H,4,12H2,1-3H3. The van der Waals surface area contributed by atoms with Crippen molar-refractivity contribution in [3.8, 4) is 5.69 Å². The molecule has 0 radical (unpaired) electrons. The molecule has 1 aromatic heterocycles. The van der Waals surface area contributed by atoms with Gasteiger partial charge in [0.15, 0.2) is 0 Å². The molecule has 1 fully saturated rings. The molecule has 106 valence electrons. The molecule has 20 heavy (non-hydrogen) atoms. The molecule has 1 aromatic carbocycles. The molecule has 3 nitrogen and oxygen atoms in total. The largest absolute Gasteiger partial charge is 0.309 e. The highest BCUT2D eigenvalue weighted by atomic mass is 15.3. The van der Waals surface area contributed by atoms with Gasteiger partial charge in [0.1, 0.15) is 0 Å². The number of hydrogen-bond acceptors (Lipinski definition) is 2. The third-order valence-corrected chi connectivity index (χ3v) is 4.41. The lowest BCUT2D eigenvalue weighted by Crippen LogP contribution is -2.26. The van der Waals surface area contributed by atoms with E-state index < -0.39 is 0 Å². The Kier molecular flexibility index (Phi) is 3.38. The van der Waals surface area contributed by atoms with Gasteiger partial charge in [-0.2, -0.15) is 5.10 Å². The van der Waals surface area contributed by atoms with E-state index in [4.69, 9.17) is 0 Å². The molecule has 2 aromatic rings. The minimum atomic E-state index is 0.387. The van der Waals surface area contributed by atoms with E-state index in [2.05, 4.69) is 66.2 Å². The lowest BCUT2D eigenvalue weighted by atomic mass is 10.0. The summed E-state index contributed by atoms with van der Waals surface area (Å²) in [7, 11) is 0. The van der Waals surface area contributed by atoms with Gasteiger partial charge in [0.25, 0.3) is 0 Å². The van der Waals surface area contributed by atoms with Crippen molar-refractivity contribution >= 4 is 0 Å². The Morgan fingerprint density at radius 2 is 2.00 bits per heavy atom. The molecular formula is C17H23N3. The van der Waals surface area contributed by atoms with Crippen LogP contribution in [-0.2, 0) is 0 Å². The number of aromatic nitrogens is 2. The summed E-state index contributed by atoms with van der Waals surface area (Å²) in [5, 5.41) is 8.18. The summed E-state index contributed by atoms with van der Waals surface area (Å²) in [5.74, 6) is 0.696. The number of hydrogen-bond donors (Lipinski definition) is 1. The zero-order chi connectivity index (χ0) is 14.2. The summed E-state index contributed by atoms with van der Waals surface area (Å²) >= 11 is 0. The van der Waals surface area contributed by atoms with Crippen LogP contribution < -0.4 is 5.32 Å². The minimum Gasteiger partial charge on any atom is -0.309 e. The lowest BCUT2D eigenvalue weighted by Gasteiger charge is -2.21. The van der Waals surface area contributed by atoms with Gasteiger partial charge in [-0.05, 0) is 42.5 Å². The average molecular weight is 269 g/mol. The zero-order valence-electron chi connectivity index (χ0n) is 12.5. The van der Waals surface area contributed by atoms with Crippen molar-refractivity contribution in [2.45, 2.75) is 33.2 Å². The summed E-state index contributed by atoms with van der Waals surface area (Å²) in [6.45, 7) is 7.86. The Morgan fingerprint density at radius 3 is 2.60 bits per heavy atom.